The molecule has 1 amide bonds. The molecule has 5 heteroatoms. The fourth-order valence-electron chi connectivity index (χ4n) is 0.559. The number of nitrogens with one attached hydrogen (secondary N) is 1. The highest BCUT2D eigenvalue weighted by molar-refractivity contribution is 5.80. The standard InChI is InChI=1S/C9H17NO4/c1-6(7(11)13-5)10-8(12)14-9(2,3)4/h6H,1-5H3,(H,10,12)/i1D3,6D. The first-order chi connectivity index (χ1) is 7.83. The van der Waals surface area contributed by atoms with Gasteiger partial charge in [0.05, 0.1) is 8.48 Å². The summed E-state index contributed by atoms with van der Waals surface area (Å²) >= 11 is 0. The highest BCUT2D eigenvalue weighted by Gasteiger charge is 2.20. The Hall–Kier alpha value is -1.26. The van der Waals surface area contributed by atoms with Gasteiger partial charge in [0.15, 0.2) is 0 Å². The highest BCUT2D eigenvalue weighted by Crippen LogP contribution is 2.06. The van der Waals surface area contributed by atoms with Gasteiger partial charge in [-0.3, -0.25) is 0 Å². The summed E-state index contributed by atoms with van der Waals surface area (Å²) < 4.78 is 37.9. The monoisotopic (exact) mass is 207 g/mol. The van der Waals surface area contributed by atoms with Crippen molar-refractivity contribution >= 4 is 12.1 Å². The van der Waals surface area contributed by atoms with E-state index in [4.69, 9.17) is 10.2 Å². The van der Waals surface area contributed by atoms with Gasteiger partial charge in [-0.25, -0.2) is 9.59 Å². The topological polar surface area (TPSA) is 64.6 Å². The van der Waals surface area contributed by atoms with Crippen molar-refractivity contribution in [3.63, 3.8) is 0 Å². The molecule has 0 fully saturated rings. The van der Waals surface area contributed by atoms with Crippen LogP contribution in [0, 0.1) is 0 Å². The van der Waals surface area contributed by atoms with Crippen molar-refractivity contribution in [2.75, 3.05) is 7.11 Å². The third kappa shape index (κ3) is 5.40. The molecule has 0 aliphatic heterocycles. The van der Waals surface area contributed by atoms with E-state index in [2.05, 4.69) is 4.74 Å². The van der Waals surface area contributed by atoms with Crippen molar-refractivity contribution in [3.8, 4) is 0 Å². The summed E-state index contributed by atoms with van der Waals surface area (Å²) in [5.41, 5.74) is -0.879. The maximum atomic E-state index is 11.4. The maximum absolute atomic E-state index is 11.4. The van der Waals surface area contributed by atoms with Gasteiger partial charge in [-0.05, 0) is 27.6 Å². The van der Waals surface area contributed by atoms with E-state index in [1.807, 2.05) is 0 Å². The number of esters is 1. The number of carbonyl (C=O) groups is 2. The molecule has 0 radical (unpaired) electrons. The third-order valence-electron chi connectivity index (χ3n) is 1.02. The smallest absolute Gasteiger partial charge is 0.408 e. The summed E-state index contributed by atoms with van der Waals surface area (Å²) in [6.45, 7) is 1.60. The van der Waals surface area contributed by atoms with Crippen LogP contribution in [0.15, 0.2) is 0 Å². The number of hydrogen-bond acceptors (Lipinski definition) is 4. The molecule has 5 nitrogen and oxygen atoms in total. The number of amides is 1. The van der Waals surface area contributed by atoms with Crippen molar-refractivity contribution in [3.05, 3.63) is 0 Å². The Morgan fingerprint density at radius 3 is 2.43 bits per heavy atom. The predicted molar refractivity (Wildman–Crippen MR) is 50.8 cm³/mol. The van der Waals surface area contributed by atoms with E-state index in [1.165, 1.54) is 0 Å². The number of methoxy groups -OCH3 is 1. The lowest BCUT2D eigenvalue weighted by Crippen LogP contribution is -2.42. The average Bonchev–Trinajstić information content (AvgIpc) is 2.11. The van der Waals surface area contributed by atoms with Crippen LogP contribution < -0.4 is 5.32 Å². The molecule has 82 valence electrons. The molecule has 14 heavy (non-hydrogen) atoms. The van der Waals surface area contributed by atoms with Gasteiger partial charge in [0.25, 0.3) is 0 Å². The Labute approximate surface area is 89.4 Å². The molecular formula is C9H17NO4. The van der Waals surface area contributed by atoms with E-state index >= 15 is 0 Å². The highest BCUT2D eigenvalue weighted by atomic mass is 16.6. The molecule has 0 spiro atoms. The van der Waals surface area contributed by atoms with Crippen LogP contribution in [0.2, 0.25) is 0 Å². The predicted octanol–water partition coefficient (Wildman–Crippen LogP) is 1.07. The molecule has 0 aromatic heterocycles. The van der Waals surface area contributed by atoms with E-state index in [0.29, 0.717) is 0 Å². The van der Waals surface area contributed by atoms with E-state index in [1.54, 1.807) is 26.1 Å². The van der Waals surface area contributed by atoms with Gasteiger partial charge in [0, 0.05) is 4.11 Å². The number of carbonyl (C=O) groups excluding carboxylic acids is 2. The Morgan fingerprint density at radius 2 is 2.07 bits per heavy atom. The van der Waals surface area contributed by atoms with Gasteiger partial charge in [0.1, 0.15) is 11.6 Å². The van der Waals surface area contributed by atoms with Crippen molar-refractivity contribution in [1.82, 2.24) is 5.32 Å². The minimum absolute atomic E-state index is 0.879. The summed E-state index contributed by atoms with van der Waals surface area (Å²) in [5.74, 6) is -1.40. The molecule has 1 unspecified atom stereocenters. The third-order valence-corrected chi connectivity index (χ3v) is 1.02. The first-order valence-electron chi connectivity index (χ1n) is 5.93. The van der Waals surface area contributed by atoms with Crippen LogP contribution in [0.3, 0.4) is 0 Å². The molecule has 0 saturated carbocycles. The molecule has 0 rings (SSSR count). The van der Waals surface area contributed by atoms with E-state index in [0.717, 1.165) is 7.11 Å². The van der Waals surface area contributed by atoms with Gasteiger partial charge in [0.2, 0.25) is 0 Å². The van der Waals surface area contributed by atoms with Gasteiger partial charge in [-0.1, -0.05) is 0 Å². The van der Waals surface area contributed by atoms with E-state index in [-0.39, 0.29) is 0 Å². The summed E-state index contributed by atoms with van der Waals surface area (Å²) in [6.07, 6.45) is -1.18. The van der Waals surface area contributed by atoms with E-state index in [9.17, 15) is 9.59 Å². The lowest BCUT2D eigenvalue weighted by Gasteiger charge is -2.21. The van der Waals surface area contributed by atoms with Gasteiger partial charge in [-0.2, -0.15) is 0 Å². The number of alkyl carbamates (subject to hydrolysis) is 1. The molecular weight excluding hydrogens is 186 g/mol. The Bertz CT molecular complexity index is 336. The van der Waals surface area contributed by atoms with Gasteiger partial charge < -0.3 is 14.8 Å². The van der Waals surface area contributed by atoms with Crippen LogP contribution in [-0.4, -0.2) is 30.8 Å². The second-order valence-corrected chi connectivity index (χ2v) is 3.49. The molecule has 0 aliphatic carbocycles. The molecule has 1 N–H and O–H groups in total. The molecule has 0 aromatic carbocycles. The van der Waals surface area contributed by atoms with Crippen LogP contribution in [0.5, 0.6) is 0 Å². The van der Waals surface area contributed by atoms with Crippen LogP contribution in [0.25, 0.3) is 0 Å². The van der Waals surface area contributed by atoms with Crippen molar-refractivity contribution < 1.29 is 24.5 Å². The average molecular weight is 207 g/mol. The SMILES string of the molecule is [2H]C([2H])([2H])C([2H])(NC(=O)OC(C)(C)C)C(=O)OC. The zero-order valence-electron chi connectivity index (χ0n) is 12.6. The number of ether oxygens (including phenoxy) is 2. The van der Waals surface area contributed by atoms with Crippen molar-refractivity contribution in [2.45, 2.75) is 39.2 Å². The Morgan fingerprint density at radius 1 is 1.50 bits per heavy atom. The molecule has 0 aromatic rings. The number of hydrogen-bond donors (Lipinski definition) is 1. The van der Waals surface area contributed by atoms with Crippen LogP contribution in [-0.2, 0) is 14.3 Å². The van der Waals surface area contributed by atoms with Crippen LogP contribution in [0.1, 0.15) is 33.1 Å². The minimum Gasteiger partial charge on any atom is -0.467 e. The van der Waals surface area contributed by atoms with Crippen molar-refractivity contribution in [2.24, 2.45) is 0 Å². The quantitative estimate of drug-likeness (QED) is 0.688. The maximum Gasteiger partial charge on any atom is 0.408 e. The molecule has 1 atom stereocenters. The molecule has 0 bridgehead atoms. The summed E-state index contributed by atoms with van der Waals surface area (Å²) in [5, 5.41) is 1.71. The minimum atomic E-state index is -3.09. The largest absolute Gasteiger partial charge is 0.467 e. The summed E-state index contributed by atoms with van der Waals surface area (Å²) in [6, 6.07) is -2.90. The summed E-state index contributed by atoms with van der Waals surface area (Å²) in [7, 11) is 0.925. The number of rotatable bonds is 2. The lowest BCUT2D eigenvalue weighted by atomic mass is 10.2. The second-order valence-electron chi connectivity index (χ2n) is 3.49. The zero-order chi connectivity index (χ0) is 14.8. The van der Waals surface area contributed by atoms with Crippen LogP contribution in [0.4, 0.5) is 4.79 Å². The second kappa shape index (κ2) is 4.83. The summed E-state index contributed by atoms with van der Waals surface area (Å²) in [4.78, 5) is 22.8. The lowest BCUT2D eigenvalue weighted by molar-refractivity contribution is -0.142. The van der Waals surface area contributed by atoms with Gasteiger partial charge in [-0.15, -0.1) is 0 Å². The zero-order valence-corrected chi connectivity index (χ0v) is 8.63. The van der Waals surface area contributed by atoms with Gasteiger partial charge >= 0.3 is 12.1 Å². The van der Waals surface area contributed by atoms with Crippen molar-refractivity contribution in [1.29, 1.82) is 0 Å². The first-order valence-corrected chi connectivity index (χ1v) is 3.93. The first kappa shape index (κ1) is 7.09. The fourth-order valence-corrected chi connectivity index (χ4v) is 0.559. The Kier molecular flexibility index (Phi) is 2.45. The molecule has 0 saturated heterocycles. The molecule has 0 aliphatic rings. The van der Waals surface area contributed by atoms with E-state index < -0.39 is 30.5 Å². The fraction of sp³-hybridized carbons (Fsp3) is 0.778. The normalized spacial score (nSPS) is 20.3. The Balaban J connectivity index is 5.06. The van der Waals surface area contributed by atoms with Crippen LogP contribution >= 0.6 is 0 Å². The molecule has 0 heterocycles.